The van der Waals surface area contributed by atoms with Gasteiger partial charge in [0.05, 0.1) is 28.1 Å². The van der Waals surface area contributed by atoms with Crippen molar-refractivity contribution in [3.63, 3.8) is 0 Å². The van der Waals surface area contributed by atoms with E-state index in [1.165, 1.54) is 0 Å². The SMILES string of the molecule is CC(C)c1ccc(C(=O)Nc2cc(-c3ccc(B4OC(C)(C)C(C)(C)O4)cc3)ccc2N)cn1. The number of benzene rings is 2. The monoisotopic (exact) mass is 457 g/mol. The second-order valence-electron chi connectivity index (χ2n) is 10.1. The van der Waals surface area contributed by atoms with Crippen molar-refractivity contribution in [1.29, 1.82) is 0 Å². The predicted molar refractivity (Wildman–Crippen MR) is 138 cm³/mol. The summed E-state index contributed by atoms with van der Waals surface area (Å²) >= 11 is 0. The van der Waals surface area contributed by atoms with Gasteiger partial charge in [0, 0.05) is 11.9 Å². The lowest BCUT2D eigenvalue weighted by Crippen LogP contribution is -2.41. The number of amides is 1. The van der Waals surface area contributed by atoms with E-state index in [4.69, 9.17) is 15.0 Å². The van der Waals surface area contributed by atoms with Crippen molar-refractivity contribution < 1.29 is 14.1 Å². The van der Waals surface area contributed by atoms with Crippen LogP contribution < -0.4 is 16.5 Å². The van der Waals surface area contributed by atoms with Gasteiger partial charge >= 0.3 is 7.12 Å². The Morgan fingerprint density at radius 3 is 2.12 bits per heavy atom. The molecule has 3 N–H and O–H groups in total. The molecule has 2 aromatic carbocycles. The fourth-order valence-corrected chi connectivity index (χ4v) is 3.73. The summed E-state index contributed by atoms with van der Waals surface area (Å²) in [5, 5.41) is 2.92. The number of aromatic nitrogens is 1. The van der Waals surface area contributed by atoms with Gasteiger partial charge in [0.1, 0.15) is 0 Å². The molecule has 1 saturated heterocycles. The van der Waals surface area contributed by atoms with Gasteiger partial charge in [0.25, 0.3) is 5.91 Å². The van der Waals surface area contributed by atoms with Crippen molar-refractivity contribution in [3.05, 3.63) is 72.1 Å². The first kappa shape index (κ1) is 24.0. The highest BCUT2D eigenvalue weighted by atomic mass is 16.7. The van der Waals surface area contributed by atoms with E-state index in [9.17, 15) is 4.79 Å². The molecule has 1 aliphatic rings. The van der Waals surface area contributed by atoms with Gasteiger partial charge in [-0.15, -0.1) is 0 Å². The molecule has 1 fully saturated rings. The maximum Gasteiger partial charge on any atom is 0.494 e. The molecule has 7 heteroatoms. The number of carbonyl (C=O) groups is 1. The molecule has 0 atom stereocenters. The Morgan fingerprint density at radius 2 is 1.56 bits per heavy atom. The van der Waals surface area contributed by atoms with E-state index in [0.717, 1.165) is 22.3 Å². The van der Waals surface area contributed by atoms with Gasteiger partial charge in [-0.25, -0.2) is 0 Å². The number of hydrogen-bond acceptors (Lipinski definition) is 5. The number of rotatable bonds is 5. The Labute approximate surface area is 202 Å². The summed E-state index contributed by atoms with van der Waals surface area (Å²) in [5.41, 5.74) is 10.8. The van der Waals surface area contributed by atoms with Crippen molar-refractivity contribution in [2.24, 2.45) is 0 Å². The Morgan fingerprint density at radius 1 is 0.941 bits per heavy atom. The van der Waals surface area contributed by atoms with Crippen LogP contribution in [-0.2, 0) is 9.31 Å². The maximum atomic E-state index is 12.8. The third-order valence-electron chi connectivity index (χ3n) is 6.71. The first-order valence-corrected chi connectivity index (χ1v) is 11.6. The summed E-state index contributed by atoms with van der Waals surface area (Å²) in [5.74, 6) is 0.0587. The number of anilines is 2. The summed E-state index contributed by atoms with van der Waals surface area (Å²) in [7, 11) is -0.406. The quantitative estimate of drug-likeness (QED) is 0.416. The molecule has 1 aromatic heterocycles. The highest BCUT2D eigenvalue weighted by Crippen LogP contribution is 2.36. The zero-order valence-electron chi connectivity index (χ0n) is 20.7. The smallest absolute Gasteiger partial charge is 0.399 e. The number of nitrogens with zero attached hydrogens (tertiary/aromatic N) is 1. The van der Waals surface area contributed by atoms with Crippen LogP contribution in [0.2, 0.25) is 0 Å². The number of nitrogens with one attached hydrogen (secondary N) is 1. The van der Waals surface area contributed by atoms with Gasteiger partial charge in [0.2, 0.25) is 0 Å². The lowest BCUT2D eigenvalue weighted by atomic mass is 9.78. The Balaban J connectivity index is 1.51. The largest absolute Gasteiger partial charge is 0.494 e. The van der Waals surface area contributed by atoms with Crippen molar-refractivity contribution in [2.45, 2.75) is 58.7 Å². The Kier molecular flexibility index (Phi) is 6.27. The molecule has 3 aromatic rings. The van der Waals surface area contributed by atoms with Crippen LogP contribution in [-0.4, -0.2) is 29.2 Å². The molecule has 4 rings (SSSR count). The minimum absolute atomic E-state index is 0.247. The molecule has 0 saturated carbocycles. The molecule has 1 amide bonds. The topological polar surface area (TPSA) is 86.5 Å². The highest BCUT2D eigenvalue weighted by Gasteiger charge is 2.51. The second kappa shape index (κ2) is 8.89. The van der Waals surface area contributed by atoms with E-state index in [1.54, 1.807) is 18.3 Å². The van der Waals surface area contributed by atoms with Crippen molar-refractivity contribution in [3.8, 4) is 11.1 Å². The minimum Gasteiger partial charge on any atom is -0.399 e. The van der Waals surface area contributed by atoms with E-state index in [2.05, 4.69) is 24.1 Å². The molecule has 1 aliphatic heterocycles. The molecular formula is C27H32BN3O3. The average molecular weight is 457 g/mol. The Hall–Kier alpha value is -3.16. The van der Waals surface area contributed by atoms with Crippen LogP contribution in [0.4, 0.5) is 11.4 Å². The molecule has 176 valence electrons. The molecule has 2 heterocycles. The van der Waals surface area contributed by atoms with Crippen molar-refractivity contribution >= 4 is 29.9 Å². The van der Waals surface area contributed by atoms with Crippen LogP contribution in [0.3, 0.4) is 0 Å². The number of pyridine rings is 1. The molecular weight excluding hydrogens is 425 g/mol. The molecule has 0 radical (unpaired) electrons. The fraction of sp³-hybridized carbons (Fsp3) is 0.333. The third kappa shape index (κ3) is 4.72. The standard InChI is InChI=1S/C27H32BN3O3/c1-17(2)23-14-10-20(16-30-23)25(32)31-24-15-19(9-13-22(24)29)18-7-11-21(12-8-18)28-33-26(3,4)27(5,6)34-28/h7-17H,29H2,1-6H3,(H,31,32). The van der Waals surface area contributed by atoms with E-state index >= 15 is 0 Å². The van der Waals surface area contributed by atoms with Gasteiger partial charge in [-0.1, -0.05) is 44.2 Å². The first-order chi connectivity index (χ1) is 16.0. The van der Waals surface area contributed by atoms with Crippen molar-refractivity contribution in [2.75, 3.05) is 11.1 Å². The minimum atomic E-state index is -0.406. The van der Waals surface area contributed by atoms with Gasteiger partial charge in [-0.2, -0.15) is 0 Å². The second-order valence-corrected chi connectivity index (χ2v) is 10.1. The number of nitrogen functional groups attached to an aromatic ring is 1. The molecule has 6 nitrogen and oxygen atoms in total. The average Bonchev–Trinajstić information content (AvgIpc) is 3.02. The van der Waals surface area contributed by atoms with Crippen molar-refractivity contribution in [1.82, 2.24) is 4.98 Å². The number of carbonyl (C=O) groups excluding carboxylic acids is 1. The summed E-state index contributed by atoms with van der Waals surface area (Å²) in [6, 6.07) is 17.3. The van der Waals surface area contributed by atoms with E-state index in [-0.39, 0.29) is 17.1 Å². The van der Waals surface area contributed by atoms with Crippen LogP contribution in [0.1, 0.15) is 63.5 Å². The van der Waals surface area contributed by atoms with E-state index in [0.29, 0.717) is 22.9 Å². The van der Waals surface area contributed by atoms with Gasteiger partial charge in [-0.05, 0) is 74.5 Å². The summed E-state index contributed by atoms with van der Waals surface area (Å²) in [4.78, 5) is 17.1. The van der Waals surface area contributed by atoms with Crippen LogP contribution in [0.25, 0.3) is 11.1 Å². The van der Waals surface area contributed by atoms with Crippen LogP contribution in [0.15, 0.2) is 60.8 Å². The Bertz CT molecular complexity index is 1170. The van der Waals surface area contributed by atoms with E-state index in [1.807, 2.05) is 70.2 Å². The number of hydrogen-bond donors (Lipinski definition) is 2. The predicted octanol–water partition coefficient (Wildman–Crippen LogP) is 5.01. The molecule has 0 aliphatic carbocycles. The molecule has 0 unspecified atom stereocenters. The summed E-state index contributed by atoms with van der Waals surface area (Å²) in [6.07, 6.45) is 1.60. The van der Waals surface area contributed by atoms with Crippen LogP contribution in [0, 0.1) is 0 Å². The lowest BCUT2D eigenvalue weighted by molar-refractivity contribution is 0.00578. The van der Waals surface area contributed by atoms with Crippen LogP contribution in [0.5, 0.6) is 0 Å². The van der Waals surface area contributed by atoms with Gasteiger partial charge in [-0.3, -0.25) is 9.78 Å². The van der Waals surface area contributed by atoms with Crippen LogP contribution >= 0.6 is 0 Å². The summed E-state index contributed by atoms with van der Waals surface area (Å²) < 4.78 is 12.3. The van der Waals surface area contributed by atoms with Gasteiger partial charge < -0.3 is 20.4 Å². The van der Waals surface area contributed by atoms with E-state index < -0.39 is 7.12 Å². The molecule has 0 spiro atoms. The highest BCUT2D eigenvalue weighted by molar-refractivity contribution is 6.62. The van der Waals surface area contributed by atoms with Gasteiger partial charge in [0.15, 0.2) is 0 Å². The normalized spacial score (nSPS) is 16.6. The number of nitrogens with two attached hydrogens (primary N) is 1. The lowest BCUT2D eigenvalue weighted by Gasteiger charge is -2.32. The maximum absolute atomic E-state index is 12.8. The molecule has 34 heavy (non-hydrogen) atoms. The zero-order valence-corrected chi connectivity index (χ0v) is 20.7. The first-order valence-electron chi connectivity index (χ1n) is 11.6. The fourth-order valence-electron chi connectivity index (χ4n) is 3.73. The third-order valence-corrected chi connectivity index (χ3v) is 6.71. The zero-order chi connectivity index (χ0) is 24.7. The molecule has 0 bridgehead atoms. The summed E-state index contributed by atoms with van der Waals surface area (Å²) in [6.45, 7) is 12.3.